The van der Waals surface area contributed by atoms with Crippen LogP contribution in [0, 0.1) is 5.92 Å². The first kappa shape index (κ1) is 13.9. The molecule has 1 rings (SSSR count). The number of hydrogen-bond donors (Lipinski definition) is 1. The van der Waals surface area contributed by atoms with E-state index in [4.69, 9.17) is 5.73 Å². The first-order valence-corrected chi connectivity index (χ1v) is 6.56. The summed E-state index contributed by atoms with van der Waals surface area (Å²) < 4.78 is 0. The van der Waals surface area contributed by atoms with Gasteiger partial charge in [0.1, 0.15) is 0 Å². The first-order chi connectivity index (χ1) is 7.45. The summed E-state index contributed by atoms with van der Waals surface area (Å²) in [5.41, 5.74) is 6.25. The fourth-order valence-electron chi connectivity index (χ4n) is 2.76. The molecule has 1 aliphatic heterocycles. The van der Waals surface area contributed by atoms with Crippen LogP contribution in [0.25, 0.3) is 0 Å². The maximum Gasteiger partial charge on any atom is 0.0470 e. The largest absolute Gasteiger partial charge is 0.329 e. The van der Waals surface area contributed by atoms with Gasteiger partial charge in [-0.2, -0.15) is 0 Å². The monoisotopic (exact) mass is 227 g/mol. The zero-order valence-corrected chi connectivity index (χ0v) is 11.7. The predicted molar refractivity (Wildman–Crippen MR) is 70.6 cm³/mol. The van der Waals surface area contributed by atoms with Crippen molar-refractivity contribution in [3.63, 3.8) is 0 Å². The van der Waals surface area contributed by atoms with Gasteiger partial charge in [-0.15, -0.1) is 0 Å². The summed E-state index contributed by atoms with van der Waals surface area (Å²) in [6, 6.07) is 0.655. The fourth-order valence-corrected chi connectivity index (χ4v) is 2.76. The average molecular weight is 227 g/mol. The second kappa shape index (κ2) is 5.48. The smallest absolute Gasteiger partial charge is 0.0470 e. The van der Waals surface area contributed by atoms with Crippen molar-refractivity contribution in [1.82, 2.24) is 9.80 Å². The Morgan fingerprint density at radius 3 is 2.56 bits per heavy atom. The van der Waals surface area contributed by atoms with Crippen LogP contribution in [0.2, 0.25) is 0 Å². The summed E-state index contributed by atoms with van der Waals surface area (Å²) in [5, 5.41) is 0. The molecule has 16 heavy (non-hydrogen) atoms. The maximum absolute atomic E-state index is 6.04. The summed E-state index contributed by atoms with van der Waals surface area (Å²) >= 11 is 0. The molecular weight excluding hydrogens is 198 g/mol. The topological polar surface area (TPSA) is 32.5 Å². The fraction of sp³-hybridized carbons (Fsp3) is 1.00. The molecule has 2 N–H and O–H groups in total. The zero-order valence-electron chi connectivity index (χ0n) is 11.7. The SMILES string of the molecule is CCC(C)CN(C)C1(CN)CC(C)N(C)C1. The lowest BCUT2D eigenvalue weighted by molar-refractivity contribution is 0.115. The Morgan fingerprint density at radius 2 is 2.19 bits per heavy atom. The molecule has 1 saturated heterocycles. The van der Waals surface area contributed by atoms with E-state index in [1.807, 2.05) is 0 Å². The van der Waals surface area contributed by atoms with Gasteiger partial charge < -0.3 is 10.6 Å². The molecule has 3 unspecified atom stereocenters. The molecule has 0 radical (unpaired) electrons. The van der Waals surface area contributed by atoms with Crippen LogP contribution in [-0.4, -0.2) is 55.1 Å². The minimum Gasteiger partial charge on any atom is -0.329 e. The van der Waals surface area contributed by atoms with Crippen molar-refractivity contribution >= 4 is 0 Å². The minimum atomic E-state index is 0.206. The van der Waals surface area contributed by atoms with Gasteiger partial charge in [0.25, 0.3) is 0 Å². The van der Waals surface area contributed by atoms with Gasteiger partial charge in [0.2, 0.25) is 0 Å². The van der Waals surface area contributed by atoms with E-state index in [1.165, 1.54) is 12.8 Å². The van der Waals surface area contributed by atoms with Crippen molar-refractivity contribution in [2.24, 2.45) is 11.7 Å². The van der Waals surface area contributed by atoms with E-state index in [0.717, 1.165) is 25.6 Å². The Morgan fingerprint density at radius 1 is 1.56 bits per heavy atom. The van der Waals surface area contributed by atoms with Crippen LogP contribution in [0.3, 0.4) is 0 Å². The van der Waals surface area contributed by atoms with Crippen LogP contribution in [0.15, 0.2) is 0 Å². The van der Waals surface area contributed by atoms with E-state index < -0.39 is 0 Å². The third-order valence-electron chi connectivity index (χ3n) is 4.44. The number of hydrogen-bond acceptors (Lipinski definition) is 3. The molecule has 96 valence electrons. The number of nitrogens with two attached hydrogens (primary N) is 1. The summed E-state index contributed by atoms with van der Waals surface area (Å²) in [6.07, 6.45) is 2.45. The van der Waals surface area contributed by atoms with Crippen molar-refractivity contribution in [1.29, 1.82) is 0 Å². The van der Waals surface area contributed by atoms with Crippen LogP contribution in [0.5, 0.6) is 0 Å². The van der Waals surface area contributed by atoms with E-state index in [-0.39, 0.29) is 5.54 Å². The molecule has 0 saturated carbocycles. The van der Waals surface area contributed by atoms with Crippen molar-refractivity contribution in [3.05, 3.63) is 0 Å². The third-order valence-corrected chi connectivity index (χ3v) is 4.44. The molecule has 1 heterocycles. The normalized spacial score (nSPS) is 33.6. The van der Waals surface area contributed by atoms with Crippen LogP contribution < -0.4 is 5.73 Å². The summed E-state index contributed by atoms with van der Waals surface area (Å²) in [5.74, 6) is 0.759. The van der Waals surface area contributed by atoms with Crippen molar-refractivity contribution in [2.45, 2.75) is 45.2 Å². The molecule has 0 aromatic carbocycles. The van der Waals surface area contributed by atoms with E-state index in [0.29, 0.717) is 6.04 Å². The van der Waals surface area contributed by atoms with E-state index >= 15 is 0 Å². The van der Waals surface area contributed by atoms with Gasteiger partial charge in [-0.3, -0.25) is 4.90 Å². The Kier molecular flexibility index (Phi) is 4.77. The van der Waals surface area contributed by atoms with Gasteiger partial charge in [-0.1, -0.05) is 20.3 Å². The molecular formula is C13H29N3. The molecule has 3 atom stereocenters. The van der Waals surface area contributed by atoms with Crippen molar-refractivity contribution < 1.29 is 0 Å². The molecule has 0 amide bonds. The quantitative estimate of drug-likeness (QED) is 0.770. The Labute approximate surface area is 101 Å². The van der Waals surface area contributed by atoms with Crippen LogP contribution in [0.1, 0.15) is 33.6 Å². The second-order valence-electron chi connectivity index (χ2n) is 5.79. The standard InChI is InChI=1S/C13H29N3/c1-6-11(2)8-16(5)13(9-14)7-12(3)15(4)10-13/h11-12H,6-10,14H2,1-5H3. The highest BCUT2D eigenvalue weighted by molar-refractivity contribution is 5.01. The van der Waals surface area contributed by atoms with Crippen LogP contribution in [-0.2, 0) is 0 Å². The minimum absolute atomic E-state index is 0.206. The molecule has 1 fully saturated rings. The maximum atomic E-state index is 6.04. The van der Waals surface area contributed by atoms with Gasteiger partial charge >= 0.3 is 0 Å². The highest BCUT2D eigenvalue weighted by atomic mass is 15.3. The van der Waals surface area contributed by atoms with E-state index in [2.05, 4.69) is 44.7 Å². The molecule has 0 aromatic heterocycles. The Bertz CT molecular complexity index is 207. The zero-order chi connectivity index (χ0) is 12.3. The lowest BCUT2D eigenvalue weighted by atomic mass is 9.93. The van der Waals surface area contributed by atoms with E-state index in [9.17, 15) is 0 Å². The lowest BCUT2D eigenvalue weighted by Gasteiger charge is -2.39. The number of nitrogens with zero attached hydrogens (tertiary/aromatic N) is 2. The molecule has 0 aromatic rings. The van der Waals surface area contributed by atoms with Crippen molar-refractivity contribution in [3.8, 4) is 0 Å². The first-order valence-electron chi connectivity index (χ1n) is 6.56. The molecule has 1 aliphatic rings. The number of likely N-dealkylation sites (tertiary alicyclic amines) is 1. The Hall–Kier alpha value is -0.120. The molecule has 0 spiro atoms. The van der Waals surface area contributed by atoms with Gasteiger partial charge in [-0.25, -0.2) is 0 Å². The Balaban J connectivity index is 2.66. The summed E-state index contributed by atoms with van der Waals surface area (Å²) in [7, 11) is 4.45. The van der Waals surface area contributed by atoms with Gasteiger partial charge in [0, 0.05) is 31.2 Å². The van der Waals surface area contributed by atoms with Gasteiger partial charge in [0.05, 0.1) is 0 Å². The second-order valence-corrected chi connectivity index (χ2v) is 5.79. The van der Waals surface area contributed by atoms with Gasteiger partial charge in [-0.05, 0) is 33.4 Å². The molecule has 3 nitrogen and oxygen atoms in total. The predicted octanol–water partition coefficient (Wildman–Crippen LogP) is 1.39. The molecule has 0 aliphatic carbocycles. The lowest BCUT2D eigenvalue weighted by Crippen LogP contribution is -2.54. The summed E-state index contributed by atoms with van der Waals surface area (Å²) in [4.78, 5) is 4.93. The van der Waals surface area contributed by atoms with E-state index in [1.54, 1.807) is 0 Å². The number of likely N-dealkylation sites (N-methyl/N-ethyl adjacent to an activating group) is 2. The van der Waals surface area contributed by atoms with Crippen LogP contribution >= 0.6 is 0 Å². The highest BCUT2D eigenvalue weighted by Crippen LogP contribution is 2.30. The molecule has 3 heteroatoms. The number of rotatable bonds is 5. The highest BCUT2D eigenvalue weighted by Gasteiger charge is 2.42. The summed E-state index contributed by atoms with van der Waals surface area (Å²) in [6.45, 7) is 9.93. The van der Waals surface area contributed by atoms with Gasteiger partial charge in [0.15, 0.2) is 0 Å². The van der Waals surface area contributed by atoms with Crippen molar-refractivity contribution in [2.75, 3.05) is 33.7 Å². The third kappa shape index (κ3) is 2.76. The average Bonchev–Trinajstić information content (AvgIpc) is 2.55. The molecule has 0 bridgehead atoms. The van der Waals surface area contributed by atoms with Crippen LogP contribution in [0.4, 0.5) is 0 Å².